The van der Waals surface area contributed by atoms with Crippen molar-refractivity contribution in [3.05, 3.63) is 58.1 Å². The number of likely N-dealkylation sites (tertiary alicyclic amines) is 2. The van der Waals surface area contributed by atoms with Crippen molar-refractivity contribution in [3.8, 4) is 5.75 Å². The van der Waals surface area contributed by atoms with E-state index in [-0.39, 0.29) is 42.8 Å². The summed E-state index contributed by atoms with van der Waals surface area (Å²) >= 11 is 5.88. The molecule has 0 bridgehead atoms. The van der Waals surface area contributed by atoms with Gasteiger partial charge in [-0.05, 0) is 36.4 Å². The van der Waals surface area contributed by atoms with Crippen LogP contribution in [0, 0.1) is 5.92 Å². The molecule has 2 heterocycles. The molecule has 3 N–H and O–H groups in total. The highest BCUT2D eigenvalue weighted by Gasteiger charge is 2.37. The van der Waals surface area contributed by atoms with E-state index in [0.29, 0.717) is 60.3 Å². The number of nitrogens with two attached hydrogens (primary N) is 1. The Hall–Kier alpha value is -3.24. The van der Waals surface area contributed by atoms with Gasteiger partial charge in [-0.1, -0.05) is 11.6 Å². The minimum absolute atomic E-state index is 0.0417. The molecule has 0 radical (unpaired) electrons. The quantitative estimate of drug-likeness (QED) is 0.381. The Morgan fingerprint density at radius 2 is 1.97 bits per heavy atom. The molecule has 198 valence electrons. The van der Waals surface area contributed by atoms with E-state index in [1.54, 1.807) is 52.4 Å². The first-order valence-corrected chi connectivity index (χ1v) is 12.4. The Kier molecular flexibility index (Phi) is 8.29. The average Bonchev–Trinajstić information content (AvgIpc) is 3.19. The molecule has 0 aliphatic carbocycles. The lowest BCUT2D eigenvalue weighted by Gasteiger charge is -2.38. The molecule has 4 rings (SSSR count). The Morgan fingerprint density at radius 3 is 2.62 bits per heavy atom. The monoisotopic (exact) mass is 533 g/mol. The normalized spacial score (nSPS) is 17.7. The maximum absolute atomic E-state index is 13.4. The fourth-order valence-electron chi connectivity index (χ4n) is 4.49. The van der Waals surface area contributed by atoms with Gasteiger partial charge < -0.3 is 20.7 Å². The molecule has 2 amide bonds. The van der Waals surface area contributed by atoms with Gasteiger partial charge in [0.25, 0.3) is 17.7 Å². The predicted molar refractivity (Wildman–Crippen MR) is 139 cm³/mol. The largest absolute Gasteiger partial charge is 0.495 e. The Morgan fingerprint density at radius 1 is 1.24 bits per heavy atom. The number of anilines is 1. The van der Waals surface area contributed by atoms with Crippen LogP contribution in [0.1, 0.15) is 32.7 Å². The molecule has 2 saturated heterocycles. The van der Waals surface area contributed by atoms with Crippen molar-refractivity contribution in [1.82, 2.24) is 15.1 Å². The number of ether oxygens (including phenoxy) is 1. The van der Waals surface area contributed by atoms with Crippen molar-refractivity contribution in [2.45, 2.75) is 12.3 Å². The number of halogens is 3. The molecular weight excluding hydrogens is 504 g/mol. The van der Waals surface area contributed by atoms with Crippen molar-refractivity contribution in [3.63, 3.8) is 0 Å². The molecule has 8 nitrogen and oxygen atoms in total. The smallest absolute Gasteiger partial charge is 0.261 e. The van der Waals surface area contributed by atoms with Crippen LogP contribution in [0.5, 0.6) is 5.75 Å². The van der Waals surface area contributed by atoms with Gasteiger partial charge in [0.2, 0.25) is 0 Å². The number of nitrogen functional groups attached to an aromatic ring is 1. The summed E-state index contributed by atoms with van der Waals surface area (Å²) in [5, 5.41) is 3.35. The zero-order chi connectivity index (χ0) is 26.6. The maximum atomic E-state index is 13.4. The average molecular weight is 534 g/mol. The minimum atomic E-state index is -2.66. The van der Waals surface area contributed by atoms with Gasteiger partial charge in [-0.25, -0.2) is 8.78 Å². The van der Waals surface area contributed by atoms with Crippen LogP contribution in [0.2, 0.25) is 5.02 Å². The summed E-state index contributed by atoms with van der Waals surface area (Å²) < 4.78 is 32.2. The van der Waals surface area contributed by atoms with Crippen LogP contribution in [0.3, 0.4) is 0 Å². The fourth-order valence-corrected chi connectivity index (χ4v) is 4.61. The lowest BCUT2D eigenvalue weighted by atomic mass is 9.99. The second kappa shape index (κ2) is 11.4. The Bertz CT molecular complexity index is 1170. The summed E-state index contributed by atoms with van der Waals surface area (Å²) in [5.41, 5.74) is 7.91. The molecule has 2 aromatic carbocycles. The van der Waals surface area contributed by atoms with E-state index in [2.05, 4.69) is 10.3 Å². The topological polar surface area (TPSA) is 100 Å². The lowest BCUT2D eigenvalue weighted by Crippen LogP contribution is -2.51. The molecule has 2 aromatic rings. The molecule has 37 heavy (non-hydrogen) atoms. The molecule has 2 fully saturated rings. The number of aliphatic imine (C=N–C) groups is 1. The summed E-state index contributed by atoms with van der Waals surface area (Å²) in [6, 6.07) is 9.97. The first-order chi connectivity index (χ1) is 17.7. The summed E-state index contributed by atoms with van der Waals surface area (Å²) in [4.78, 5) is 33.2. The van der Waals surface area contributed by atoms with E-state index in [9.17, 15) is 18.4 Å². The van der Waals surface area contributed by atoms with Crippen molar-refractivity contribution in [1.29, 1.82) is 0 Å². The maximum Gasteiger partial charge on any atom is 0.261 e. The SMILES string of the molecule is COc1c(C(=O)NCCN2CCC(F)(F)C2)ccc(N)c1C=NCC1CN(C(=O)c2ccc(Cl)cc2)C1. The summed E-state index contributed by atoms with van der Waals surface area (Å²) in [7, 11) is 1.45. The highest BCUT2D eigenvalue weighted by molar-refractivity contribution is 6.30. The van der Waals surface area contributed by atoms with E-state index in [1.807, 2.05) is 0 Å². The predicted octanol–water partition coefficient (Wildman–Crippen LogP) is 3.19. The second-order valence-electron chi connectivity index (χ2n) is 9.36. The number of methoxy groups -OCH3 is 1. The van der Waals surface area contributed by atoms with Crippen LogP contribution < -0.4 is 15.8 Å². The van der Waals surface area contributed by atoms with Crippen LogP contribution >= 0.6 is 11.6 Å². The molecule has 0 spiro atoms. The standard InChI is InChI=1S/C26H30ClF2N5O3/c1-37-23-20(24(35)32-9-11-33-10-8-26(28,29)16-33)6-7-22(30)21(23)13-31-12-17-14-34(15-17)25(36)18-2-4-19(27)5-3-18/h2-7,13,17H,8-12,14-16,30H2,1H3,(H,32,35). The van der Waals surface area contributed by atoms with Gasteiger partial charge in [-0.2, -0.15) is 0 Å². The van der Waals surface area contributed by atoms with E-state index in [4.69, 9.17) is 22.1 Å². The molecule has 0 aromatic heterocycles. The zero-order valence-corrected chi connectivity index (χ0v) is 21.3. The van der Waals surface area contributed by atoms with Crippen molar-refractivity contribution < 1.29 is 23.1 Å². The van der Waals surface area contributed by atoms with Crippen molar-refractivity contribution in [2.24, 2.45) is 10.9 Å². The highest BCUT2D eigenvalue weighted by Crippen LogP contribution is 2.29. The molecule has 0 unspecified atom stereocenters. The van der Waals surface area contributed by atoms with E-state index >= 15 is 0 Å². The van der Waals surface area contributed by atoms with Gasteiger partial charge in [0.05, 0.1) is 24.8 Å². The number of benzene rings is 2. The van der Waals surface area contributed by atoms with E-state index in [1.165, 1.54) is 7.11 Å². The Balaban J connectivity index is 1.31. The highest BCUT2D eigenvalue weighted by atomic mass is 35.5. The van der Waals surface area contributed by atoms with E-state index in [0.717, 1.165) is 0 Å². The van der Waals surface area contributed by atoms with Gasteiger partial charge >= 0.3 is 0 Å². The summed E-state index contributed by atoms with van der Waals surface area (Å²) in [5.74, 6) is -2.58. The van der Waals surface area contributed by atoms with E-state index < -0.39 is 5.92 Å². The van der Waals surface area contributed by atoms with Crippen LogP contribution in [0.15, 0.2) is 41.4 Å². The number of nitrogens with one attached hydrogen (secondary N) is 1. The summed E-state index contributed by atoms with van der Waals surface area (Å²) in [6.07, 6.45) is 1.42. The number of rotatable bonds is 9. The lowest BCUT2D eigenvalue weighted by molar-refractivity contribution is 0.0124. The number of hydrogen-bond acceptors (Lipinski definition) is 6. The van der Waals surface area contributed by atoms with Gasteiger partial charge in [0.15, 0.2) is 0 Å². The Labute approximate surface area is 219 Å². The van der Waals surface area contributed by atoms with Crippen LogP contribution in [-0.2, 0) is 0 Å². The zero-order valence-electron chi connectivity index (χ0n) is 20.6. The number of nitrogens with zero attached hydrogens (tertiary/aromatic N) is 3. The van der Waals surface area contributed by atoms with Gasteiger partial charge in [-0.3, -0.25) is 19.5 Å². The third-order valence-electron chi connectivity index (χ3n) is 6.56. The fraction of sp³-hybridized carbons (Fsp3) is 0.423. The number of amides is 2. The molecule has 0 saturated carbocycles. The number of carbonyl (C=O) groups is 2. The number of alkyl halides is 2. The van der Waals surface area contributed by atoms with Gasteiger partial charge in [-0.15, -0.1) is 0 Å². The van der Waals surface area contributed by atoms with Crippen LogP contribution in [0.25, 0.3) is 0 Å². The van der Waals surface area contributed by atoms with Crippen molar-refractivity contribution >= 4 is 35.3 Å². The van der Waals surface area contributed by atoms with Crippen LogP contribution in [-0.4, -0.2) is 86.7 Å². The third kappa shape index (κ3) is 6.56. The molecule has 11 heteroatoms. The molecule has 2 aliphatic heterocycles. The molecule has 2 aliphatic rings. The summed E-state index contributed by atoms with van der Waals surface area (Å²) in [6.45, 7) is 2.27. The minimum Gasteiger partial charge on any atom is -0.495 e. The van der Waals surface area contributed by atoms with Crippen LogP contribution in [0.4, 0.5) is 14.5 Å². The first kappa shape index (κ1) is 26.8. The number of carbonyl (C=O) groups excluding carboxylic acids is 2. The third-order valence-corrected chi connectivity index (χ3v) is 6.81. The van der Waals surface area contributed by atoms with Gasteiger partial charge in [0, 0.05) is 74.1 Å². The second-order valence-corrected chi connectivity index (χ2v) is 9.80. The van der Waals surface area contributed by atoms with Gasteiger partial charge in [0.1, 0.15) is 5.75 Å². The molecular formula is C26H30ClF2N5O3. The number of hydrogen-bond donors (Lipinski definition) is 2. The first-order valence-electron chi connectivity index (χ1n) is 12.1. The molecule has 0 atom stereocenters. The van der Waals surface area contributed by atoms with Crippen molar-refractivity contribution in [2.75, 3.05) is 58.7 Å².